The van der Waals surface area contributed by atoms with Crippen molar-refractivity contribution in [2.45, 2.75) is 13.8 Å². The van der Waals surface area contributed by atoms with E-state index in [0.717, 1.165) is 5.56 Å². The van der Waals surface area contributed by atoms with Crippen molar-refractivity contribution >= 4 is 11.9 Å². The number of carbonyl (C=O) groups excluding carboxylic acids is 1. The van der Waals surface area contributed by atoms with Gasteiger partial charge in [-0.2, -0.15) is 0 Å². The first kappa shape index (κ1) is 13.8. The molecule has 0 aliphatic carbocycles. The summed E-state index contributed by atoms with van der Waals surface area (Å²) in [5.41, 5.74) is 2.16. The zero-order valence-corrected chi connectivity index (χ0v) is 11.2. The second-order valence-corrected chi connectivity index (χ2v) is 4.38. The largest absolute Gasteiger partial charge is 0.478 e. The highest BCUT2D eigenvalue weighted by molar-refractivity contribution is 5.97. The maximum atomic E-state index is 11.4. The Morgan fingerprint density at radius 3 is 2.25 bits per heavy atom. The van der Waals surface area contributed by atoms with Crippen LogP contribution in [0.4, 0.5) is 0 Å². The number of ether oxygens (including phenoxy) is 1. The molecule has 2 rings (SSSR count). The first-order valence-corrected chi connectivity index (χ1v) is 6.11. The van der Waals surface area contributed by atoms with Gasteiger partial charge >= 0.3 is 11.9 Å². The van der Waals surface area contributed by atoms with Crippen LogP contribution >= 0.6 is 0 Å². The predicted octanol–water partition coefficient (Wildman–Crippen LogP) is 3.29. The molecule has 0 aliphatic heterocycles. The fourth-order valence-electron chi connectivity index (χ4n) is 2.11. The van der Waals surface area contributed by atoms with Gasteiger partial charge in [-0.1, -0.05) is 30.3 Å². The van der Waals surface area contributed by atoms with E-state index in [1.54, 1.807) is 6.92 Å². The molecule has 20 heavy (non-hydrogen) atoms. The fourth-order valence-corrected chi connectivity index (χ4v) is 2.11. The molecule has 102 valence electrons. The van der Waals surface area contributed by atoms with Gasteiger partial charge in [0.15, 0.2) is 0 Å². The molecule has 4 heteroatoms. The lowest BCUT2D eigenvalue weighted by Gasteiger charge is -2.14. The van der Waals surface area contributed by atoms with Crippen LogP contribution in [0.3, 0.4) is 0 Å². The van der Waals surface area contributed by atoms with Gasteiger partial charge in [0.1, 0.15) is 5.75 Å². The quantitative estimate of drug-likeness (QED) is 0.686. The lowest BCUT2D eigenvalue weighted by Crippen LogP contribution is -2.07. The molecule has 4 nitrogen and oxygen atoms in total. The van der Waals surface area contributed by atoms with Crippen LogP contribution in [0.5, 0.6) is 5.75 Å². The van der Waals surface area contributed by atoms with Gasteiger partial charge in [-0.3, -0.25) is 4.79 Å². The molecule has 0 spiro atoms. The van der Waals surface area contributed by atoms with Gasteiger partial charge in [0.25, 0.3) is 0 Å². The lowest BCUT2D eigenvalue weighted by atomic mass is 9.94. The van der Waals surface area contributed by atoms with E-state index in [1.165, 1.54) is 19.1 Å². The van der Waals surface area contributed by atoms with Crippen molar-refractivity contribution in [3.8, 4) is 16.9 Å². The third kappa shape index (κ3) is 2.69. The van der Waals surface area contributed by atoms with Gasteiger partial charge < -0.3 is 9.84 Å². The van der Waals surface area contributed by atoms with Gasteiger partial charge in [-0.25, -0.2) is 4.79 Å². The van der Waals surface area contributed by atoms with Gasteiger partial charge in [0.2, 0.25) is 0 Å². The number of carboxylic acids is 1. The summed E-state index contributed by atoms with van der Waals surface area (Å²) in [5, 5.41) is 9.32. The Bertz CT molecular complexity index is 660. The molecule has 0 amide bonds. The SMILES string of the molecule is CC(=O)Oc1ccc(C(=O)O)c(-c2ccccc2)c1C. The van der Waals surface area contributed by atoms with Crippen LogP contribution in [-0.2, 0) is 4.79 Å². The Balaban J connectivity index is 2.67. The summed E-state index contributed by atoms with van der Waals surface area (Å²) < 4.78 is 5.11. The molecular formula is C16H14O4. The normalized spacial score (nSPS) is 10.1. The molecule has 0 saturated heterocycles. The van der Waals surface area contributed by atoms with E-state index >= 15 is 0 Å². The first-order valence-electron chi connectivity index (χ1n) is 6.11. The molecule has 0 aromatic heterocycles. The predicted molar refractivity (Wildman–Crippen MR) is 74.9 cm³/mol. The van der Waals surface area contributed by atoms with Gasteiger partial charge in [0, 0.05) is 18.1 Å². The van der Waals surface area contributed by atoms with Crippen LogP contribution in [0.1, 0.15) is 22.8 Å². The van der Waals surface area contributed by atoms with Crippen molar-refractivity contribution in [2.24, 2.45) is 0 Å². The second-order valence-electron chi connectivity index (χ2n) is 4.38. The summed E-state index contributed by atoms with van der Waals surface area (Å²) in [5.74, 6) is -1.07. The standard InChI is InChI=1S/C16H14O4/c1-10-14(20-11(2)17)9-8-13(16(18)19)15(10)12-6-4-3-5-7-12/h3-9H,1-2H3,(H,18,19). The molecule has 0 radical (unpaired) electrons. The number of aromatic carboxylic acids is 1. The highest BCUT2D eigenvalue weighted by atomic mass is 16.5. The van der Waals surface area contributed by atoms with Gasteiger partial charge in [0.05, 0.1) is 5.56 Å². The van der Waals surface area contributed by atoms with E-state index in [-0.39, 0.29) is 5.56 Å². The number of esters is 1. The minimum absolute atomic E-state index is 0.185. The maximum absolute atomic E-state index is 11.4. The third-order valence-corrected chi connectivity index (χ3v) is 2.96. The highest BCUT2D eigenvalue weighted by Gasteiger charge is 2.17. The summed E-state index contributed by atoms with van der Waals surface area (Å²) in [7, 11) is 0. The molecule has 0 unspecified atom stereocenters. The summed E-state index contributed by atoms with van der Waals surface area (Å²) >= 11 is 0. The summed E-state index contributed by atoms with van der Waals surface area (Å²) in [6.07, 6.45) is 0. The van der Waals surface area contributed by atoms with E-state index in [0.29, 0.717) is 16.9 Å². The average Bonchev–Trinajstić information content (AvgIpc) is 2.41. The number of carbonyl (C=O) groups is 2. The van der Waals surface area contributed by atoms with E-state index in [1.807, 2.05) is 30.3 Å². The van der Waals surface area contributed by atoms with Crippen molar-refractivity contribution in [3.05, 3.63) is 53.6 Å². The van der Waals surface area contributed by atoms with Crippen LogP contribution in [0.15, 0.2) is 42.5 Å². The Morgan fingerprint density at radius 2 is 1.70 bits per heavy atom. The van der Waals surface area contributed by atoms with Crippen LogP contribution < -0.4 is 4.74 Å². The molecule has 0 atom stereocenters. The molecule has 0 fully saturated rings. The third-order valence-electron chi connectivity index (χ3n) is 2.96. The van der Waals surface area contributed by atoms with Gasteiger partial charge in [-0.05, 0) is 24.6 Å². The van der Waals surface area contributed by atoms with Crippen molar-refractivity contribution in [3.63, 3.8) is 0 Å². The number of hydrogen-bond acceptors (Lipinski definition) is 3. The highest BCUT2D eigenvalue weighted by Crippen LogP contribution is 2.33. The number of rotatable bonds is 3. The van der Waals surface area contributed by atoms with Crippen LogP contribution in [-0.4, -0.2) is 17.0 Å². The molecule has 2 aromatic carbocycles. The Labute approximate surface area is 116 Å². The van der Waals surface area contributed by atoms with Crippen LogP contribution in [0, 0.1) is 6.92 Å². The average molecular weight is 270 g/mol. The molecule has 2 aromatic rings. The topological polar surface area (TPSA) is 63.6 Å². The zero-order valence-electron chi connectivity index (χ0n) is 11.2. The Kier molecular flexibility index (Phi) is 3.84. The van der Waals surface area contributed by atoms with E-state index in [4.69, 9.17) is 4.74 Å². The van der Waals surface area contributed by atoms with Gasteiger partial charge in [-0.15, -0.1) is 0 Å². The van der Waals surface area contributed by atoms with E-state index in [2.05, 4.69) is 0 Å². The van der Waals surface area contributed by atoms with Crippen LogP contribution in [0.2, 0.25) is 0 Å². The zero-order chi connectivity index (χ0) is 14.7. The molecule has 0 bridgehead atoms. The van der Waals surface area contributed by atoms with Crippen molar-refractivity contribution < 1.29 is 19.4 Å². The minimum atomic E-state index is -1.01. The summed E-state index contributed by atoms with van der Waals surface area (Å²) in [4.78, 5) is 22.5. The molecule has 1 N–H and O–H groups in total. The Hall–Kier alpha value is -2.62. The molecule has 0 saturated carbocycles. The van der Waals surface area contributed by atoms with Crippen molar-refractivity contribution in [2.75, 3.05) is 0 Å². The molecule has 0 heterocycles. The molecular weight excluding hydrogens is 256 g/mol. The summed E-state index contributed by atoms with van der Waals surface area (Å²) in [6, 6.07) is 12.1. The van der Waals surface area contributed by atoms with Crippen LogP contribution in [0.25, 0.3) is 11.1 Å². The number of carboxylic acid groups (broad SMARTS) is 1. The maximum Gasteiger partial charge on any atom is 0.336 e. The smallest absolute Gasteiger partial charge is 0.336 e. The van der Waals surface area contributed by atoms with E-state index in [9.17, 15) is 14.7 Å². The monoisotopic (exact) mass is 270 g/mol. The minimum Gasteiger partial charge on any atom is -0.478 e. The van der Waals surface area contributed by atoms with Crippen molar-refractivity contribution in [1.29, 1.82) is 0 Å². The van der Waals surface area contributed by atoms with E-state index < -0.39 is 11.9 Å². The van der Waals surface area contributed by atoms with Crippen molar-refractivity contribution in [1.82, 2.24) is 0 Å². The molecule has 0 aliphatic rings. The second kappa shape index (κ2) is 5.57. The summed E-state index contributed by atoms with van der Waals surface area (Å²) in [6.45, 7) is 3.06. The lowest BCUT2D eigenvalue weighted by molar-refractivity contribution is -0.131. The fraction of sp³-hybridized carbons (Fsp3) is 0.125. The number of benzene rings is 2. The number of hydrogen-bond donors (Lipinski definition) is 1. The Morgan fingerprint density at radius 1 is 1.05 bits per heavy atom. The first-order chi connectivity index (χ1) is 9.50.